The Kier molecular flexibility index (Phi) is 5.94. The van der Waals surface area contributed by atoms with E-state index in [-0.39, 0.29) is 24.4 Å². The fourth-order valence-corrected chi connectivity index (χ4v) is 5.55. The summed E-state index contributed by atoms with van der Waals surface area (Å²) in [6, 6.07) is 16.1. The van der Waals surface area contributed by atoms with Crippen molar-refractivity contribution in [2.45, 2.75) is 44.7 Å². The minimum Gasteiger partial charge on any atom is -0.356 e. The monoisotopic (exact) mass is 459 g/mol. The van der Waals surface area contributed by atoms with E-state index >= 15 is 0 Å². The fraction of sp³-hybridized carbons (Fsp3) is 0.429. The van der Waals surface area contributed by atoms with Crippen LogP contribution in [-0.2, 0) is 16.0 Å². The topological polar surface area (TPSA) is 60.9 Å². The predicted molar refractivity (Wildman–Crippen MR) is 134 cm³/mol. The van der Waals surface area contributed by atoms with Crippen molar-refractivity contribution < 1.29 is 14.5 Å². The van der Waals surface area contributed by atoms with Gasteiger partial charge in [0.2, 0.25) is 11.8 Å². The Hall–Kier alpha value is -3.12. The summed E-state index contributed by atoms with van der Waals surface area (Å²) in [6.45, 7) is 6.13. The number of quaternary nitrogens is 1. The number of amides is 2. The minimum absolute atomic E-state index is 0.0315. The highest BCUT2D eigenvalue weighted by Gasteiger charge is 2.48. The first kappa shape index (κ1) is 22.7. The Balaban J connectivity index is 1.57. The van der Waals surface area contributed by atoms with Crippen LogP contribution in [0.5, 0.6) is 0 Å². The average Bonchev–Trinajstić information content (AvgIpc) is 3.19. The molecule has 2 amide bonds. The third-order valence-corrected chi connectivity index (χ3v) is 7.37. The van der Waals surface area contributed by atoms with Gasteiger partial charge in [-0.1, -0.05) is 56.3 Å². The van der Waals surface area contributed by atoms with Gasteiger partial charge in [0.25, 0.3) is 0 Å². The lowest BCUT2D eigenvalue weighted by atomic mass is 9.85. The smallest absolute Gasteiger partial charge is 0.246 e. The normalized spacial score (nSPS) is 20.4. The zero-order valence-electron chi connectivity index (χ0n) is 20.6. The van der Waals surface area contributed by atoms with Crippen LogP contribution < -0.4 is 4.90 Å². The van der Waals surface area contributed by atoms with Crippen molar-refractivity contribution in [2.24, 2.45) is 0 Å². The van der Waals surface area contributed by atoms with Gasteiger partial charge in [-0.25, -0.2) is 0 Å². The molecule has 5 rings (SSSR count). The molecule has 2 N–H and O–H groups in total. The molecule has 2 aliphatic rings. The molecule has 178 valence electrons. The molecule has 2 aliphatic heterocycles. The second-order valence-electron chi connectivity index (χ2n) is 10.4. The molecule has 2 atom stereocenters. The van der Waals surface area contributed by atoms with Gasteiger partial charge < -0.3 is 19.7 Å². The Morgan fingerprint density at radius 1 is 1.06 bits per heavy atom. The summed E-state index contributed by atoms with van der Waals surface area (Å²) in [7, 11) is 4.22. The summed E-state index contributed by atoms with van der Waals surface area (Å²) in [5, 5.41) is 1.15. The number of carbonyl (C=O) groups is 2. The van der Waals surface area contributed by atoms with E-state index in [0.29, 0.717) is 18.9 Å². The van der Waals surface area contributed by atoms with Crippen LogP contribution in [0.25, 0.3) is 10.9 Å². The molecule has 3 heterocycles. The second-order valence-corrected chi connectivity index (χ2v) is 10.4. The van der Waals surface area contributed by atoms with Crippen molar-refractivity contribution in [2.75, 3.05) is 33.7 Å². The summed E-state index contributed by atoms with van der Waals surface area (Å²) in [5.74, 6) is 0.546. The van der Waals surface area contributed by atoms with E-state index in [2.05, 4.69) is 69.3 Å². The predicted octanol–water partition coefficient (Wildman–Crippen LogP) is 2.51. The number of hydrogen-bond acceptors (Lipinski definition) is 2. The number of aromatic nitrogens is 1. The molecule has 6 heteroatoms. The molecule has 0 aliphatic carbocycles. The van der Waals surface area contributed by atoms with Crippen molar-refractivity contribution in [1.29, 1.82) is 0 Å². The molecule has 34 heavy (non-hydrogen) atoms. The van der Waals surface area contributed by atoms with Crippen LogP contribution >= 0.6 is 0 Å². The molecule has 6 nitrogen and oxygen atoms in total. The maximum atomic E-state index is 13.7. The van der Waals surface area contributed by atoms with Crippen LogP contribution in [0.2, 0.25) is 0 Å². The summed E-state index contributed by atoms with van der Waals surface area (Å²) in [6.07, 6.45) is 1.45. The maximum absolute atomic E-state index is 13.7. The standard InChI is InChI=1S/C28H34N4O2/c1-18(2)19-10-12-20(13-11-19)27-26-22(21-8-5-6-9-23(21)29-26)16-24-28(34)31(15-7-14-30(3)4)17-25(33)32(24)27/h5-6,8-13,18,24,27,29H,7,14-17H2,1-4H3/p+1/t24-,27+/m1/s1. The summed E-state index contributed by atoms with van der Waals surface area (Å²) in [5.41, 5.74) is 5.58. The first-order valence-corrected chi connectivity index (χ1v) is 12.4. The van der Waals surface area contributed by atoms with Crippen LogP contribution in [0.1, 0.15) is 54.6 Å². The van der Waals surface area contributed by atoms with E-state index in [1.54, 1.807) is 4.90 Å². The summed E-state index contributed by atoms with van der Waals surface area (Å²) in [4.78, 5) is 35.9. The van der Waals surface area contributed by atoms with Gasteiger partial charge in [-0.05, 0) is 28.7 Å². The van der Waals surface area contributed by atoms with Crippen molar-refractivity contribution >= 4 is 22.7 Å². The molecule has 0 spiro atoms. The number of para-hydroxylation sites is 1. The minimum atomic E-state index is -0.463. The van der Waals surface area contributed by atoms with E-state index in [1.807, 2.05) is 17.0 Å². The highest BCUT2D eigenvalue weighted by atomic mass is 16.2. The van der Waals surface area contributed by atoms with Gasteiger partial charge in [-0.15, -0.1) is 0 Å². The van der Waals surface area contributed by atoms with E-state index in [4.69, 9.17) is 0 Å². The Morgan fingerprint density at radius 2 is 1.79 bits per heavy atom. The molecule has 1 aromatic heterocycles. The van der Waals surface area contributed by atoms with Gasteiger partial charge in [-0.2, -0.15) is 0 Å². The number of benzene rings is 2. The number of carbonyl (C=O) groups excluding carboxylic acids is 2. The van der Waals surface area contributed by atoms with Crippen LogP contribution in [-0.4, -0.2) is 66.4 Å². The van der Waals surface area contributed by atoms with Gasteiger partial charge in [0.15, 0.2) is 0 Å². The van der Waals surface area contributed by atoms with E-state index < -0.39 is 6.04 Å². The van der Waals surface area contributed by atoms with Gasteiger partial charge in [0.05, 0.1) is 33.2 Å². The summed E-state index contributed by atoms with van der Waals surface area (Å²) < 4.78 is 0. The molecule has 3 aromatic rings. The lowest BCUT2D eigenvalue weighted by molar-refractivity contribution is -0.858. The lowest BCUT2D eigenvalue weighted by Gasteiger charge is -2.47. The molecular weight excluding hydrogens is 424 g/mol. The zero-order valence-corrected chi connectivity index (χ0v) is 20.6. The third-order valence-electron chi connectivity index (χ3n) is 7.37. The first-order valence-electron chi connectivity index (χ1n) is 12.4. The van der Waals surface area contributed by atoms with Gasteiger partial charge in [-0.3, -0.25) is 9.59 Å². The summed E-state index contributed by atoms with van der Waals surface area (Å²) >= 11 is 0. The average molecular weight is 460 g/mol. The number of aromatic amines is 1. The lowest BCUT2D eigenvalue weighted by Crippen LogP contribution is -3.05. The highest BCUT2D eigenvalue weighted by molar-refractivity contribution is 5.97. The molecule has 2 aromatic carbocycles. The Labute approximate surface area is 201 Å². The molecule has 1 fully saturated rings. The zero-order chi connectivity index (χ0) is 24.0. The number of H-pyrrole nitrogens is 1. The SMILES string of the molecule is CC(C)c1ccc([C@H]2c3[nH]c4ccccc4c3C[C@@H]3C(=O)N(CCC[NH+](C)C)CC(=O)N23)cc1. The number of hydrogen-bond donors (Lipinski definition) is 2. The van der Waals surface area contributed by atoms with Crippen molar-refractivity contribution in [1.82, 2.24) is 14.8 Å². The first-order chi connectivity index (χ1) is 16.3. The van der Waals surface area contributed by atoms with Gasteiger partial charge in [0, 0.05) is 36.0 Å². The molecule has 0 bridgehead atoms. The van der Waals surface area contributed by atoms with Crippen molar-refractivity contribution in [3.8, 4) is 0 Å². The second kappa shape index (κ2) is 8.91. The number of rotatable bonds is 6. The number of nitrogens with one attached hydrogen (secondary N) is 2. The largest absolute Gasteiger partial charge is 0.356 e. The van der Waals surface area contributed by atoms with Crippen molar-refractivity contribution in [3.05, 3.63) is 70.9 Å². The van der Waals surface area contributed by atoms with E-state index in [1.165, 1.54) is 10.5 Å². The van der Waals surface area contributed by atoms with Crippen LogP contribution in [0, 0.1) is 0 Å². The quantitative estimate of drug-likeness (QED) is 0.595. The Bertz CT molecular complexity index is 1210. The highest BCUT2D eigenvalue weighted by Crippen LogP contribution is 2.42. The van der Waals surface area contributed by atoms with Gasteiger partial charge >= 0.3 is 0 Å². The Morgan fingerprint density at radius 3 is 2.50 bits per heavy atom. The van der Waals surface area contributed by atoms with Crippen molar-refractivity contribution in [3.63, 3.8) is 0 Å². The van der Waals surface area contributed by atoms with Gasteiger partial charge in [0.1, 0.15) is 6.04 Å². The third kappa shape index (κ3) is 3.90. The van der Waals surface area contributed by atoms with Crippen LogP contribution in [0.4, 0.5) is 0 Å². The van der Waals surface area contributed by atoms with E-state index in [9.17, 15) is 9.59 Å². The maximum Gasteiger partial charge on any atom is 0.246 e. The van der Waals surface area contributed by atoms with Crippen LogP contribution in [0.15, 0.2) is 48.5 Å². The molecular formula is C28H35N4O2+. The van der Waals surface area contributed by atoms with E-state index in [0.717, 1.165) is 40.7 Å². The molecule has 1 saturated heterocycles. The molecule has 0 radical (unpaired) electrons. The molecule has 0 unspecified atom stereocenters. The van der Waals surface area contributed by atoms with Crippen LogP contribution in [0.3, 0.4) is 0 Å². The number of piperazine rings is 1. The molecule has 0 saturated carbocycles. The number of nitrogens with zero attached hydrogens (tertiary/aromatic N) is 2. The number of fused-ring (bicyclic) bond motifs is 4. The fourth-order valence-electron chi connectivity index (χ4n) is 5.55.